The molecule has 138 valence electrons. The molecular formula is C16H9F6NO3. The number of alkyl halides is 6. The second kappa shape index (κ2) is 6.43. The number of carbonyl (C=O) groups is 1. The molecule has 0 aromatic heterocycles. The molecule has 0 saturated heterocycles. The van der Waals surface area contributed by atoms with E-state index in [1.807, 2.05) is 0 Å². The molecule has 2 aromatic rings. The second-order valence-electron chi connectivity index (χ2n) is 5.27. The summed E-state index contributed by atoms with van der Waals surface area (Å²) in [6, 6.07) is 6.26. The third-order valence-corrected chi connectivity index (χ3v) is 3.60. The van der Waals surface area contributed by atoms with Gasteiger partial charge in [-0.05, 0) is 13.0 Å². The number of ketones is 1. The van der Waals surface area contributed by atoms with Gasteiger partial charge < -0.3 is 0 Å². The van der Waals surface area contributed by atoms with Crippen LogP contribution in [-0.4, -0.2) is 10.7 Å². The number of halogens is 6. The van der Waals surface area contributed by atoms with E-state index in [1.165, 1.54) is 18.2 Å². The second-order valence-corrected chi connectivity index (χ2v) is 5.27. The first kappa shape index (κ1) is 19.4. The van der Waals surface area contributed by atoms with E-state index in [4.69, 9.17) is 0 Å². The Morgan fingerprint density at radius 2 is 1.54 bits per heavy atom. The third kappa shape index (κ3) is 3.53. The number of nitro benzene ring substituents is 1. The monoisotopic (exact) mass is 377 g/mol. The average molecular weight is 377 g/mol. The Balaban J connectivity index is 2.93. The molecule has 0 heterocycles. The van der Waals surface area contributed by atoms with Crippen molar-refractivity contribution in [3.8, 4) is 0 Å². The van der Waals surface area contributed by atoms with Crippen LogP contribution in [0.1, 0.15) is 32.6 Å². The number of benzene rings is 2. The van der Waals surface area contributed by atoms with Gasteiger partial charge in [0.05, 0.1) is 10.5 Å². The van der Waals surface area contributed by atoms with E-state index in [9.17, 15) is 41.3 Å². The maximum atomic E-state index is 13.4. The molecule has 0 aliphatic carbocycles. The predicted octanol–water partition coefficient (Wildman–Crippen LogP) is 5.17. The van der Waals surface area contributed by atoms with Gasteiger partial charge in [0.2, 0.25) is 0 Å². The van der Waals surface area contributed by atoms with Crippen LogP contribution >= 0.6 is 0 Å². The fourth-order valence-electron chi connectivity index (χ4n) is 2.55. The van der Waals surface area contributed by atoms with Crippen LogP contribution < -0.4 is 0 Å². The Hall–Kier alpha value is -2.91. The number of carbonyl (C=O) groups excluding carboxylic acids is 1. The summed E-state index contributed by atoms with van der Waals surface area (Å²) in [5.74, 6) is -1.32. The number of hydrogen-bond acceptors (Lipinski definition) is 3. The van der Waals surface area contributed by atoms with Crippen LogP contribution in [0.15, 0.2) is 36.4 Å². The summed E-state index contributed by atoms with van der Waals surface area (Å²) in [6.45, 7) is 0.540. The quantitative estimate of drug-likeness (QED) is 0.321. The van der Waals surface area contributed by atoms with E-state index in [1.54, 1.807) is 0 Å². The largest absolute Gasteiger partial charge is 0.423 e. The highest BCUT2D eigenvalue weighted by atomic mass is 19.4. The lowest BCUT2D eigenvalue weighted by atomic mass is 9.90. The SMILES string of the molecule is Cc1c([N+](=O)[O-])c(C(F)(F)F)cc(C(=O)c2ccccc2)c1C(F)(F)F. The highest BCUT2D eigenvalue weighted by molar-refractivity contribution is 6.10. The molecule has 2 rings (SSSR count). The molecule has 0 fully saturated rings. The van der Waals surface area contributed by atoms with Gasteiger partial charge in [-0.15, -0.1) is 0 Å². The van der Waals surface area contributed by atoms with Crippen molar-refractivity contribution in [3.05, 3.63) is 74.3 Å². The minimum absolute atomic E-state index is 0.108. The van der Waals surface area contributed by atoms with E-state index in [0.29, 0.717) is 6.92 Å². The molecule has 10 heteroatoms. The molecule has 0 aliphatic rings. The minimum atomic E-state index is -5.32. The van der Waals surface area contributed by atoms with Crippen molar-refractivity contribution >= 4 is 11.5 Å². The number of nitro groups is 1. The summed E-state index contributed by atoms with van der Waals surface area (Å²) in [5, 5.41) is 11.0. The summed E-state index contributed by atoms with van der Waals surface area (Å²) in [5.41, 5.74) is -8.23. The molecule has 26 heavy (non-hydrogen) atoms. The van der Waals surface area contributed by atoms with E-state index in [0.717, 1.165) is 12.1 Å². The average Bonchev–Trinajstić information content (AvgIpc) is 2.51. The normalized spacial score (nSPS) is 12.1. The highest BCUT2D eigenvalue weighted by Crippen LogP contribution is 2.45. The van der Waals surface area contributed by atoms with E-state index < -0.39 is 51.0 Å². The maximum absolute atomic E-state index is 13.4. The molecule has 4 nitrogen and oxygen atoms in total. The van der Waals surface area contributed by atoms with Gasteiger partial charge in [-0.2, -0.15) is 26.3 Å². The Kier molecular flexibility index (Phi) is 4.80. The minimum Gasteiger partial charge on any atom is -0.289 e. The fourth-order valence-corrected chi connectivity index (χ4v) is 2.55. The van der Waals surface area contributed by atoms with Crippen molar-refractivity contribution in [3.63, 3.8) is 0 Å². The van der Waals surface area contributed by atoms with Crippen LogP contribution in [0.5, 0.6) is 0 Å². The molecule has 2 aromatic carbocycles. The molecular weight excluding hydrogens is 368 g/mol. The topological polar surface area (TPSA) is 60.2 Å². The predicted molar refractivity (Wildman–Crippen MR) is 77.7 cm³/mol. The van der Waals surface area contributed by atoms with Gasteiger partial charge in [0, 0.05) is 16.7 Å². The fraction of sp³-hybridized carbons (Fsp3) is 0.188. The maximum Gasteiger partial charge on any atom is 0.423 e. The summed E-state index contributed by atoms with van der Waals surface area (Å²) in [6.07, 6.45) is -10.6. The van der Waals surface area contributed by atoms with Gasteiger partial charge in [0.25, 0.3) is 5.69 Å². The zero-order valence-electron chi connectivity index (χ0n) is 12.9. The molecule has 0 atom stereocenters. The first-order valence-corrected chi connectivity index (χ1v) is 6.91. The van der Waals surface area contributed by atoms with Crippen molar-refractivity contribution in [1.82, 2.24) is 0 Å². The molecule has 0 aliphatic heterocycles. The third-order valence-electron chi connectivity index (χ3n) is 3.60. The zero-order chi connectivity index (χ0) is 19.9. The van der Waals surface area contributed by atoms with Crippen molar-refractivity contribution in [2.45, 2.75) is 19.3 Å². The summed E-state index contributed by atoms with van der Waals surface area (Å²) in [7, 11) is 0. The smallest absolute Gasteiger partial charge is 0.289 e. The summed E-state index contributed by atoms with van der Waals surface area (Å²) < 4.78 is 79.7. The van der Waals surface area contributed by atoms with Gasteiger partial charge >= 0.3 is 12.4 Å². The lowest BCUT2D eigenvalue weighted by Crippen LogP contribution is -2.20. The van der Waals surface area contributed by atoms with Crippen molar-refractivity contribution in [2.24, 2.45) is 0 Å². The van der Waals surface area contributed by atoms with Gasteiger partial charge in [-0.1, -0.05) is 30.3 Å². The molecule has 0 amide bonds. The van der Waals surface area contributed by atoms with Crippen molar-refractivity contribution < 1.29 is 36.1 Å². The molecule has 0 unspecified atom stereocenters. The van der Waals surface area contributed by atoms with Crippen molar-refractivity contribution in [2.75, 3.05) is 0 Å². The molecule has 0 radical (unpaired) electrons. The molecule has 0 bridgehead atoms. The Morgan fingerprint density at radius 3 is 1.96 bits per heavy atom. The van der Waals surface area contributed by atoms with E-state index >= 15 is 0 Å². The highest BCUT2D eigenvalue weighted by Gasteiger charge is 2.46. The van der Waals surface area contributed by atoms with Crippen LogP contribution in [0.3, 0.4) is 0 Å². The Labute approximate surface area is 142 Å². The summed E-state index contributed by atoms with van der Waals surface area (Å²) in [4.78, 5) is 21.8. The molecule has 0 spiro atoms. The Bertz CT molecular complexity index is 872. The standard InChI is InChI=1S/C16H9F6NO3/c1-8-12(16(20,21)22)10(14(24)9-5-3-2-4-6-9)7-11(15(17,18)19)13(8)23(25)26/h2-7H,1H3. The molecule has 0 N–H and O–H groups in total. The number of nitrogens with zero attached hydrogens (tertiary/aromatic N) is 1. The van der Waals surface area contributed by atoms with Gasteiger partial charge in [-0.25, -0.2) is 0 Å². The summed E-state index contributed by atoms with van der Waals surface area (Å²) >= 11 is 0. The van der Waals surface area contributed by atoms with Gasteiger partial charge in [0.1, 0.15) is 5.56 Å². The molecule has 0 saturated carbocycles. The van der Waals surface area contributed by atoms with Gasteiger partial charge in [-0.3, -0.25) is 14.9 Å². The van der Waals surface area contributed by atoms with E-state index in [2.05, 4.69) is 0 Å². The number of rotatable bonds is 3. The lowest BCUT2D eigenvalue weighted by molar-refractivity contribution is -0.388. The lowest BCUT2D eigenvalue weighted by Gasteiger charge is -2.18. The van der Waals surface area contributed by atoms with Crippen LogP contribution in [0.2, 0.25) is 0 Å². The van der Waals surface area contributed by atoms with Crippen LogP contribution in [-0.2, 0) is 12.4 Å². The van der Waals surface area contributed by atoms with Gasteiger partial charge in [0.15, 0.2) is 5.78 Å². The zero-order valence-corrected chi connectivity index (χ0v) is 12.9. The van der Waals surface area contributed by atoms with Crippen molar-refractivity contribution in [1.29, 1.82) is 0 Å². The van der Waals surface area contributed by atoms with E-state index in [-0.39, 0.29) is 11.6 Å². The first-order valence-electron chi connectivity index (χ1n) is 6.91. The van der Waals surface area contributed by atoms with Crippen LogP contribution in [0.4, 0.5) is 32.0 Å². The van der Waals surface area contributed by atoms with Crippen LogP contribution in [0.25, 0.3) is 0 Å². The Morgan fingerprint density at radius 1 is 1.00 bits per heavy atom. The van der Waals surface area contributed by atoms with Crippen LogP contribution in [0, 0.1) is 17.0 Å². The number of hydrogen-bond donors (Lipinski definition) is 0. The first-order chi connectivity index (χ1) is 11.9.